The highest BCUT2D eigenvalue weighted by atomic mass is 32.2. The third-order valence-electron chi connectivity index (χ3n) is 3.06. The summed E-state index contributed by atoms with van der Waals surface area (Å²) in [4.78, 5) is 12.0. The lowest BCUT2D eigenvalue weighted by Crippen LogP contribution is -2.41. The van der Waals surface area contributed by atoms with Crippen LogP contribution in [-0.4, -0.2) is 20.8 Å². The van der Waals surface area contributed by atoms with Crippen LogP contribution in [-0.2, 0) is 14.8 Å². The average Bonchev–Trinajstić information content (AvgIpc) is 2.35. The van der Waals surface area contributed by atoms with Gasteiger partial charge in [0, 0.05) is 12.3 Å². The Morgan fingerprint density at radius 3 is 2.14 bits per heavy atom. The number of hydrogen-bond acceptors (Lipinski definition) is 3. The van der Waals surface area contributed by atoms with Crippen molar-refractivity contribution in [3.8, 4) is 0 Å². The first-order valence-corrected chi connectivity index (χ1v) is 7.92. The number of halogens is 2. The van der Waals surface area contributed by atoms with Crippen molar-refractivity contribution in [3.63, 3.8) is 0 Å². The molecule has 0 unspecified atom stereocenters. The Hall–Kier alpha value is -1.50. The molecule has 1 amide bonds. The predicted molar refractivity (Wildman–Crippen MR) is 75.3 cm³/mol. The summed E-state index contributed by atoms with van der Waals surface area (Å²) in [6, 6.07) is 7.32. The first-order chi connectivity index (χ1) is 9.54. The van der Waals surface area contributed by atoms with Crippen LogP contribution < -0.4 is 4.72 Å². The van der Waals surface area contributed by atoms with Crippen LogP contribution in [0.2, 0.25) is 0 Å². The summed E-state index contributed by atoms with van der Waals surface area (Å²) in [6.07, 6.45) is -3.36. The van der Waals surface area contributed by atoms with Crippen molar-refractivity contribution in [1.82, 2.24) is 4.72 Å². The summed E-state index contributed by atoms with van der Waals surface area (Å²) < 4.78 is 51.2. The monoisotopic (exact) mass is 319 g/mol. The van der Waals surface area contributed by atoms with Gasteiger partial charge in [-0.2, -0.15) is 0 Å². The highest BCUT2D eigenvalue weighted by Crippen LogP contribution is 2.31. The Kier molecular flexibility index (Phi) is 5.44. The zero-order valence-corrected chi connectivity index (χ0v) is 13.0. The summed E-state index contributed by atoms with van der Waals surface area (Å²) in [5.41, 5.74) is -0.771. The predicted octanol–water partition coefficient (Wildman–Crippen LogP) is 2.81. The Morgan fingerprint density at radius 2 is 1.71 bits per heavy atom. The lowest BCUT2D eigenvalue weighted by Gasteiger charge is -2.29. The van der Waals surface area contributed by atoms with Gasteiger partial charge < -0.3 is 0 Å². The number of nitrogens with one attached hydrogen (secondary N) is 1. The van der Waals surface area contributed by atoms with E-state index < -0.39 is 40.1 Å². The van der Waals surface area contributed by atoms with Gasteiger partial charge in [0.05, 0.1) is 4.90 Å². The van der Waals surface area contributed by atoms with E-state index in [1.54, 1.807) is 26.8 Å². The number of rotatable bonds is 5. The van der Waals surface area contributed by atoms with Gasteiger partial charge in [0.25, 0.3) is 10.0 Å². The van der Waals surface area contributed by atoms with Crippen LogP contribution in [0.15, 0.2) is 35.2 Å². The molecule has 0 fully saturated rings. The van der Waals surface area contributed by atoms with Crippen LogP contribution in [0.4, 0.5) is 8.78 Å². The maximum absolute atomic E-state index is 12.6. The third kappa shape index (κ3) is 5.08. The topological polar surface area (TPSA) is 63.2 Å². The van der Waals surface area contributed by atoms with E-state index in [4.69, 9.17) is 0 Å². The van der Waals surface area contributed by atoms with Crippen LogP contribution in [0.1, 0.15) is 27.2 Å². The highest BCUT2D eigenvalue weighted by molar-refractivity contribution is 7.90. The first-order valence-electron chi connectivity index (χ1n) is 6.44. The molecule has 0 saturated heterocycles. The summed E-state index contributed by atoms with van der Waals surface area (Å²) in [7, 11) is -4.05. The number of carbonyl (C=O) groups excluding carboxylic acids is 1. The van der Waals surface area contributed by atoms with Crippen LogP contribution in [0, 0.1) is 11.3 Å². The molecule has 1 N–H and O–H groups in total. The molecule has 4 nitrogen and oxygen atoms in total. The molecule has 0 aliphatic carbocycles. The first kappa shape index (κ1) is 17.6. The van der Waals surface area contributed by atoms with Gasteiger partial charge in [0.1, 0.15) is 0 Å². The fourth-order valence-electron chi connectivity index (χ4n) is 1.89. The van der Waals surface area contributed by atoms with E-state index >= 15 is 0 Å². The van der Waals surface area contributed by atoms with E-state index in [0.717, 1.165) is 0 Å². The summed E-state index contributed by atoms with van der Waals surface area (Å²) in [6.45, 7) is 4.86. The van der Waals surface area contributed by atoms with Crippen molar-refractivity contribution in [2.75, 3.05) is 0 Å². The number of amides is 1. The van der Waals surface area contributed by atoms with Crippen molar-refractivity contribution >= 4 is 15.9 Å². The number of hydrogen-bond donors (Lipinski definition) is 1. The molecule has 0 aliphatic rings. The summed E-state index contributed by atoms with van der Waals surface area (Å²) in [5.74, 6) is -2.01. The summed E-state index contributed by atoms with van der Waals surface area (Å²) >= 11 is 0. The van der Waals surface area contributed by atoms with Crippen LogP contribution >= 0.6 is 0 Å². The average molecular weight is 319 g/mol. The largest absolute Gasteiger partial charge is 0.274 e. The van der Waals surface area contributed by atoms with Gasteiger partial charge in [-0.3, -0.25) is 4.79 Å². The zero-order chi connectivity index (χ0) is 16.3. The minimum atomic E-state index is -4.05. The minimum Gasteiger partial charge on any atom is -0.274 e. The normalized spacial score (nSPS) is 14.0. The molecule has 1 aromatic rings. The van der Waals surface area contributed by atoms with E-state index in [2.05, 4.69) is 0 Å². The molecular weight excluding hydrogens is 300 g/mol. The van der Waals surface area contributed by atoms with Gasteiger partial charge in [0.15, 0.2) is 0 Å². The van der Waals surface area contributed by atoms with Crippen LogP contribution in [0.3, 0.4) is 0 Å². The van der Waals surface area contributed by atoms with Crippen molar-refractivity contribution in [2.45, 2.75) is 38.5 Å². The SMILES string of the molecule is CC(C)(C)[C@@H](CC(F)F)C(=O)NS(=O)(=O)c1ccccc1. The van der Waals surface area contributed by atoms with Gasteiger partial charge in [-0.15, -0.1) is 0 Å². The molecule has 0 bridgehead atoms. The van der Waals surface area contributed by atoms with E-state index in [9.17, 15) is 22.0 Å². The molecule has 1 rings (SSSR count). The Balaban J connectivity index is 2.97. The van der Waals surface area contributed by atoms with Gasteiger partial charge >= 0.3 is 0 Å². The van der Waals surface area contributed by atoms with Crippen molar-refractivity contribution < 1.29 is 22.0 Å². The van der Waals surface area contributed by atoms with Gasteiger partial charge in [-0.25, -0.2) is 21.9 Å². The van der Waals surface area contributed by atoms with E-state index in [1.807, 2.05) is 4.72 Å². The lowest BCUT2D eigenvalue weighted by atomic mass is 9.78. The molecule has 7 heteroatoms. The number of sulfonamides is 1. The highest BCUT2D eigenvalue weighted by Gasteiger charge is 2.35. The molecule has 0 saturated carbocycles. The second-order valence-electron chi connectivity index (χ2n) is 5.83. The molecule has 1 aromatic carbocycles. The van der Waals surface area contributed by atoms with Gasteiger partial charge in [-0.05, 0) is 17.5 Å². The molecule has 118 valence electrons. The van der Waals surface area contributed by atoms with Crippen molar-refractivity contribution in [1.29, 1.82) is 0 Å². The smallest absolute Gasteiger partial charge is 0.264 e. The van der Waals surface area contributed by atoms with E-state index in [-0.39, 0.29) is 4.90 Å². The van der Waals surface area contributed by atoms with Crippen LogP contribution in [0.25, 0.3) is 0 Å². The molecule has 0 radical (unpaired) electrons. The fraction of sp³-hybridized carbons (Fsp3) is 0.500. The molecule has 21 heavy (non-hydrogen) atoms. The molecule has 0 spiro atoms. The quantitative estimate of drug-likeness (QED) is 0.907. The second-order valence-corrected chi connectivity index (χ2v) is 7.51. The number of benzene rings is 1. The van der Waals surface area contributed by atoms with Crippen molar-refractivity contribution in [2.24, 2.45) is 11.3 Å². The minimum absolute atomic E-state index is 0.0805. The van der Waals surface area contributed by atoms with E-state index in [0.29, 0.717) is 0 Å². The van der Waals surface area contributed by atoms with E-state index in [1.165, 1.54) is 24.3 Å². The molecular formula is C14H19F2NO3S. The van der Waals surface area contributed by atoms with Gasteiger partial charge in [-0.1, -0.05) is 39.0 Å². The third-order valence-corrected chi connectivity index (χ3v) is 4.43. The van der Waals surface area contributed by atoms with Crippen LogP contribution in [0.5, 0.6) is 0 Å². The second kappa shape index (κ2) is 6.51. The number of carbonyl (C=O) groups is 1. The Bertz CT molecular complexity index is 580. The van der Waals surface area contributed by atoms with Crippen molar-refractivity contribution in [3.05, 3.63) is 30.3 Å². The molecule has 1 atom stereocenters. The Morgan fingerprint density at radius 1 is 1.19 bits per heavy atom. The van der Waals surface area contributed by atoms with Gasteiger partial charge in [0.2, 0.25) is 12.3 Å². The molecule has 0 aromatic heterocycles. The molecule has 0 aliphatic heterocycles. The maximum atomic E-state index is 12.6. The fourth-order valence-corrected chi connectivity index (χ4v) is 2.93. The summed E-state index contributed by atoms with van der Waals surface area (Å²) in [5, 5.41) is 0. The maximum Gasteiger partial charge on any atom is 0.264 e. The standard InChI is InChI=1S/C14H19F2NO3S/c1-14(2,3)11(9-12(15)16)13(18)17-21(19,20)10-7-5-4-6-8-10/h4-8,11-12H,9H2,1-3H3,(H,17,18)/t11-/m0/s1. The lowest BCUT2D eigenvalue weighted by molar-refractivity contribution is -0.128. The Labute approximate surface area is 123 Å². The molecule has 0 heterocycles. The zero-order valence-electron chi connectivity index (χ0n) is 12.1. The number of alkyl halides is 2.